The third-order valence-corrected chi connectivity index (χ3v) is 4.54. The van der Waals surface area contributed by atoms with E-state index < -0.39 is 16.0 Å². The standard InChI is InChI=1S/C12H20N2O4S/c1-4-9(5-2)13-19(17,18)10-7-11(12(15)16)14(6-3)8-10/h7-9,13H,4-6H2,1-3H3,(H,15,16). The number of aromatic carboxylic acids is 1. The average molecular weight is 288 g/mol. The molecule has 0 aliphatic carbocycles. The molecular formula is C12H20N2O4S. The quantitative estimate of drug-likeness (QED) is 0.799. The van der Waals surface area contributed by atoms with Crippen LogP contribution in [0.5, 0.6) is 0 Å². The summed E-state index contributed by atoms with van der Waals surface area (Å²) in [6.07, 6.45) is 2.74. The van der Waals surface area contributed by atoms with Gasteiger partial charge in [-0.05, 0) is 25.8 Å². The van der Waals surface area contributed by atoms with Gasteiger partial charge >= 0.3 is 5.97 Å². The molecule has 1 heterocycles. The largest absolute Gasteiger partial charge is 0.477 e. The molecule has 0 aliphatic heterocycles. The van der Waals surface area contributed by atoms with Crippen molar-refractivity contribution in [3.8, 4) is 0 Å². The normalized spacial score (nSPS) is 12.0. The molecule has 0 saturated carbocycles. The van der Waals surface area contributed by atoms with Crippen LogP contribution in [0.15, 0.2) is 17.2 Å². The van der Waals surface area contributed by atoms with Gasteiger partial charge in [0.15, 0.2) is 0 Å². The minimum Gasteiger partial charge on any atom is -0.477 e. The summed E-state index contributed by atoms with van der Waals surface area (Å²) in [6.45, 7) is 5.96. The number of nitrogens with one attached hydrogen (secondary N) is 1. The summed E-state index contributed by atoms with van der Waals surface area (Å²) in [5.41, 5.74) is -0.0209. The Morgan fingerprint density at radius 2 is 1.95 bits per heavy atom. The lowest BCUT2D eigenvalue weighted by atomic mass is 10.2. The van der Waals surface area contributed by atoms with Gasteiger partial charge in [-0.2, -0.15) is 0 Å². The molecule has 0 aliphatic rings. The van der Waals surface area contributed by atoms with Gasteiger partial charge in [0.2, 0.25) is 10.0 Å². The van der Waals surface area contributed by atoms with Crippen molar-refractivity contribution in [1.82, 2.24) is 9.29 Å². The summed E-state index contributed by atoms with van der Waals surface area (Å²) in [5.74, 6) is -1.13. The second-order valence-electron chi connectivity index (χ2n) is 4.29. The van der Waals surface area contributed by atoms with Gasteiger partial charge < -0.3 is 9.67 Å². The number of rotatable bonds is 7. The number of carboxylic acids is 1. The molecule has 0 unspecified atom stereocenters. The van der Waals surface area contributed by atoms with E-state index >= 15 is 0 Å². The van der Waals surface area contributed by atoms with E-state index in [2.05, 4.69) is 4.72 Å². The lowest BCUT2D eigenvalue weighted by molar-refractivity contribution is 0.0685. The molecule has 108 valence electrons. The molecule has 0 aromatic carbocycles. The SMILES string of the molecule is CCC(CC)NS(=O)(=O)c1cc(C(=O)O)n(CC)c1. The minimum absolute atomic E-state index is 0.00125. The van der Waals surface area contributed by atoms with Gasteiger partial charge in [0.05, 0.1) is 0 Å². The Labute approximate surface area is 113 Å². The van der Waals surface area contributed by atoms with Gasteiger partial charge in [0, 0.05) is 18.8 Å². The van der Waals surface area contributed by atoms with Crippen molar-refractivity contribution in [3.63, 3.8) is 0 Å². The Morgan fingerprint density at radius 1 is 1.37 bits per heavy atom. The van der Waals surface area contributed by atoms with Crippen molar-refractivity contribution >= 4 is 16.0 Å². The maximum atomic E-state index is 12.1. The molecule has 0 atom stereocenters. The summed E-state index contributed by atoms with van der Waals surface area (Å²) >= 11 is 0. The van der Waals surface area contributed by atoms with E-state index in [0.29, 0.717) is 19.4 Å². The molecular weight excluding hydrogens is 268 g/mol. The van der Waals surface area contributed by atoms with Gasteiger partial charge in [-0.1, -0.05) is 13.8 Å². The highest BCUT2D eigenvalue weighted by Gasteiger charge is 2.22. The van der Waals surface area contributed by atoms with Crippen LogP contribution in [0.3, 0.4) is 0 Å². The molecule has 6 nitrogen and oxygen atoms in total. The van der Waals surface area contributed by atoms with E-state index in [4.69, 9.17) is 5.11 Å². The van der Waals surface area contributed by atoms with Gasteiger partial charge in [0.25, 0.3) is 0 Å². The maximum Gasteiger partial charge on any atom is 0.352 e. The van der Waals surface area contributed by atoms with Crippen LogP contribution in [0, 0.1) is 0 Å². The Hall–Kier alpha value is -1.34. The first-order chi connectivity index (χ1) is 8.85. The number of aryl methyl sites for hydroxylation is 1. The van der Waals surface area contributed by atoms with Crippen molar-refractivity contribution in [1.29, 1.82) is 0 Å². The van der Waals surface area contributed by atoms with Crippen molar-refractivity contribution in [2.75, 3.05) is 0 Å². The smallest absolute Gasteiger partial charge is 0.352 e. The van der Waals surface area contributed by atoms with E-state index in [0.717, 1.165) is 0 Å². The van der Waals surface area contributed by atoms with Crippen LogP contribution >= 0.6 is 0 Å². The van der Waals surface area contributed by atoms with Gasteiger partial charge in [-0.15, -0.1) is 0 Å². The zero-order chi connectivity index (χ0) is 14.6. The van der Waals surface area contributed by atoms with Crippen LogP contribution in [-0.4, -0.2) is 30.1 Å². The molecule has 1 rings (SSSR count). The van der Waals surface area contributed by atoms with Gasteiger partial charge in [0.1, 0.15) is 10.6 Å². The Balaban J connectivity index is 3.12. The van der Waals surface area contributed by atoms with Crippen molar-refractivity contribution in [2.24, 2.45) is 0 Å². The maximum absolute atomic E-state index is 12.1. The van der Waals surface area contributed by atoms with Crippen LogP contribution in [0.2, 0.25) is 0 Å². The molecule has 1 aromatic rings. The molecule has 19 heavy (non-hydrogen) atoms. The van der Waals surface area contributed by atoms with E-state index in [1.807, 2.05) is 13.8 Å². The van der Waals surface area contributed by atoms with E-state index in [1.165, 1.54) is 16.8 Å². The van der Waals surface area contributed by atoms with Crippen LogP contribution in [-0.2, 0) is 16.6 Å². The lowest BCUT2D eigenvalue weighted by Crippen LogP contribution is -2.33. The third-order valence-electron chi connectivity index (χ3n) is 3.05. The molecule has 0 spiro atoms. The average Bonchev–Trinajstić information content (AvgIpc) is 2.81. The van der Waals surface area contributed by atoms with Crippen molar-refractivity contribution in [3.05, 3.63) is 18.0 Å². The topological polar surface area (TPSA) is 88.4 Å². The molecule has 0 fully saturated rings. The number of sulfonamides is 1. The number of hydrogen-bond donors (Lipinski definition) is 2. The van der Waals surface area contributed by atoms with Gasteiger partial charge in [-0.3, -0.25) is 0 Å². The Bertz CT molecular complexity index is 544. The third kappa shape index (κ3) is 3.57. The zero-order valence-corrected chi connectivity index (χ0v) is 12.2. The second kappa shape index (κ2) is 6.21. The molecule has 0 saturated heterocycles. The highest BCUT2D eigenvalue weighted by molar-refractivity contribution is 7.89. The summed E-state index contributed by atoms with van der Waals surface area (Å²) in [7, 11) is -3.66. The first-order valence-electron chi connectivity index (χ1n) is 6.31. The first kappa shape index (κ1) is 15.7. The monoisotopic (exact) mass is 288 g/mol. The highest BCUT2D eigenvalue weighted by Crippen LogP contribution is 2.16. The molecule has 0 amide bonds. The van der Waals surface area contributed by atoms with Crippen LogP contribution in [0.1, 0.15) is 44.1 Å². The fraction of sp³-hybridized carbons (Fsp3) is 0.583. The minimum atomic E-state index is -3.66. The van der Waals surface area contributed by atoms with Crippen LogP contribution < -0.4 is 4.72 Å². The molecule has 2 N–H and O–H groups in total. The Morgan fingerprint density at radius 3 is 2.32 bits per heavy atom. The predicted octanol–water partition coefficient (Wildman–Crippen LogP) is 1.67. The second-order valence-corrected chi connectivity index (χ2v) is 6.00. The molecule has 1 aromatic heterocycles. The van der Waals surface area contributed by atoms with Gasteiger partial charge in [-0.25, -0.2) is 17.9 Å². The lowest BCUT2D eigenvalue weighted by Gasteiger charge is -2.13. The summed E-state index contributed by atoms with van der Waals surface area (Å²) < 4.78 is 28.3. The van der Waals surface area contributed by atoms with Crippen molar-refractivity contribution < 1.29 is 18.3 Å². The van der Waals surface area contributed by atoms with Crippen LogP contribution in [0.4, 0.5) is 0 Å². The molecule has 7 heteroatoms. The number of nitrogens with zero attached hydrogens (tertiary/aromatic N) is 1. The fourth-order valence-corrected chi connectivity index (χ4v) is 3.26. The first-order valence-corrected chi connectivity index (χ1v) is 7.79. The number of hydrogen-bond acceptors (Lipinski definition) is 3. The molecule has 0 radical (unpaired) electrons. The zero-order valence-electron chi connectivity index (χ0n) is 11.4. The fourth-order valence-electron chi connectivity index (χ4n) is 1.81. The summed E-state index contributed by atoms with van der Waals surface area (Å²) in [5, 5.41) is 9.01. The number of carboxylic acid groups (broad SMARTS) is 1. The van der Waals surface area contributed by atoms with Crippen molar-refractivity contribution in [2.45, 2.75) is 51.1 Å². The van der Waals surface area contributed by atoms with E-state index in [1.54, 1.807) is 6.92 Å². The summed E-state index contributed by atoms with van der Waals surface area (Å²) in [4.78, 5) is 11.0. The predicted molar refractivity (Wildman–Crippen MR) is 71.8 cm³/mol. The number of aromatic nitrogens is 1. The summed E-state index contributed by atoms with van der Waals surface area (Å²) in [6, 6.07) is 1.06. The van der Waals surface area contributed by atoms with E-state index in [-0.39, 0.29) is 16.6 Å². The molecule has 0 bridgehead atoms. The van der Waals surface area contributed by atoms with Crippen LogP contribution in [0.25, 0.3) is 0 Å². The highest BCUT2D eigenvalue weighted by atomic mass is 32.2. The Kier molecular flexibility index (Phi) is 5.13. The van der Waals surface area contributed by atoms with E-state index in [9.17, 15) is 13.2 Å². The number of carbonyl (C=O) groups is 1.